The van der Waals surface area contributed by atoms with E-state index in [1.165, 1.54) is 24.0 Å². The molecule has 0 fully saturated rings. The van der Waals surface area contributed by atoms with E-state index in [4.69, 9.17) is 0 Å². The average molecular weight is 359 g/mol. The van der Waals surface area contributed by atoms with Crippen molar-refractivity contribution in [3.05, 3.63) is 42.0 Å². The van der Waals surface area contributed by atoms with Crippen LogP contribution < -0.4 is 12.4 Å². The Morgan fingerprint density at radius 2 is 1.33 bits per heavy atom. The molecule has 0 amide bonds. The molecule has 0 aromatic rings. The van der Waals surface area contributed by atoms with E-state index in [0.717, 1.165) is 0 Å². The van der Waals surface area contributed by atoms with E-state index in [-0.39, 0.29) is 12.4 Å². The standard InChI is InChI=1S/2C6H7.C2H7Si.CH3.ClH.Zr/c2*1-6-4-2-3-5-6;1-3-2;;;/h2*4-5H,2H2,1H3;3H,1-2H3;1H3;1H;/q;;;;;+1/p-1. The fraction of sp³-hybridized carbons (Fsp3) is 0.467. The number of hydrogen-bond donors (Lipinski definition) is 0. The summed E-state index contributed by atoms with van der Waals surface area (Å²) in [6.45, 7) is 9.68. The molecular weight excluding hydrogens is 335 g/mol. The van der Waals surface area contributed by atoms with Crippen molar-refractivity contribution in [2.45, 2.75) is 44.4 Å². The van der Waals surface area contributed by atoms with Gasteiger partial charge in [-0.05, 0) is 0 Å². The van der Waals surface area contributed by atoms with Crippen LogP contribution in [-0.2, 0) is 19.4 Å². The minimum Gasteiger partial charge on any atom is -1.00 e. The summed E-state index contributed by atoms with van der Waals surface area (Å²) in [4.78, 5) is 0. The van der Waals surface area contributed by atoms with Gasteiger partial charge in [-0.1, -0.05) is 0 Å². The molecule has 3 heteroatoms. The van der Waals surface area contributed by atoms with E-state index in [2.05, 4.69) is 55.9 Å². The third-order valence-corrected chi connectivity index (χ3v) is 36.6. The third-order valence-electron chi connectivity index (χ3n) is 4.58. The van der Waals surface area contributed by atoms with Crippen LogP contribution in [0.3, 0.4) is 0 Å². The van der Waals surface area contributed by atoms with Gasteiger partial charge in [0.25, 0.3) is 0 Å². The van der Waals surface area contributed by atoms with Gasteiger partial charge in [-0.3, -0.25) is 0 Å². The summed E-state index contributed by atoms with van der Waals surface area (Å²) in [6, 6.07) is 0. The van der Waals surface area contributed by atoms with Crippen LogP contribution in [0.25, 0.3) is 0 Å². The predicted octanol–water partition coefficient (Wildman–Crippen LogP) is 1.64. The molecule has 0 radical (unpaired) electrons. The van der Waals surface area contributed by atoms with Gasteiger partial charge in [0.2, 0.25) is 0 Å². The van der Waals surface area contributed by atoms with Gasteiger partial charge in [-0.2, -0.15) is 0 Å². The molecule has 18 heavy (non-hydrogen) atoms. The van der Waals surface area contributed by atoms with E-state index in [1.54, 1.807) is 0 Å². The number of halogens is 1. The van der Waals surface area contributed by atoms with Gasteiger partial charge in [0, 0.05) is 0 Å². The van der Waals surface area contributed by atoms with Gasteiger partial charge in [0.15, 0.2) is 0 Å². The van der Waals surface area contributed by atoms with Gasteiger partial charge in [-0.15, -0.1) is 0 Å². The van der Waals surface area contributed by atoms with Crippen molar-refractivity contribution in [3.8, 4) is 0 Å². The van der Waals surface area contributed by atoms with Crippen LogP contribution in [0.1, 0.15) is 26.7 Å². The van der Waals surface area contributed by atoms with Crippen LogP contribution in [0.4, 0.5) is 0 Å². The summed E-state index contributed by atoms with van der Waals surface area (Å²) in [6.07, 6.45) is 12.4. The van der Waals surface area contributed by atoms with Crippen molar-refractivity contribution in [2.75, 3.05) is 0 Å². The summed E-state index contributed by atoms with van der Waals surface area (Å²) in [5.41, 5.74) is 3.00. The first kappa shape index (κ1) is 16.4. The number of rotatable bonds is 3. The van der Waals surface area contributed by atoms with Crippen LogP contribution >= 0.6 is 0 Å². The second-order valence-corrected chi connectivity index (χ2v) is 32.7. The minimum atomic E-state index is -2.14. The Balaban J connectivity index is 0.00000162. The van der Waals surface area contributed by atoms with Crippen LogP contribution in [0.2, 0.25) is 17.7 Å². The molecule has 0 saturated carbocycles. The van der Waals surface area contributed by atoms with Crippen LogP contribution in [-0.4, -0.2) is 5.92 Å². The summed E-state index contributed by atoms with van der Waals surface area (Å²) in [5.74, 6) is -0.555. The van der Waals surface area contributed by atoms with E-state index in [0.29, 0.717) is 0 Å². The zero-order valence-electron chi connectivity index (χ0n) is 12.2. The van der Waals surface area contributed by atoms with E-state index in [9.17, 15) is 0 Å². The van der Waals surface area contributed by atoms with Crippen LogP contribution in [0, 0.1) is 0 Å². The quantitative estimate of drug-likeness (QED) is 0.673. The second-order valence-electron chi connectivity index (χ2n) is 6.00. The SMILES string of the molecule is CC1=CC[C]([Zr+]([CH3])([C]2=CC(C)=CC2)[SiH](C)C)=C1.[Cl-]. The van der Waals surface area contributed by atoms with Gasteiger partial charge in [0.1, 0.15) is 0 Å². The smallest absolute Gasteiger partial charge is 1.00 e. The topological polar surface area (TPSA) is 0 Å². The van der Waals surface area contributed by atoms with E-state index >= 15 is 0 Å². The molecule has 2 aliphatic carbocycles. The molecule has 0 unspecified atom stereocenters. The Morgan fingerprint density at radius 1 is 0.944 bits per heavy atom. The van der Waals surface area contributed by atoms with E-state index in [1.807, 2.05) is 6.56 Å². The van der Waals surface area contributed by atoms with E-state index < -0.39 is 25.4 Å². The Bertz CT molecular complexity index is 419. The second kappa shape index (κ2) is 6.20. The van der Waals surface area contributed by atoms with Gasteiger partial charge >= 0.3 is 112 Å². The zero-order valence-corrected chi connectivity index (χ0v) is 16.5. The fourth-order valence-corrected chi connectivity index (χ4v) is 24.0. The van der Waals surface area contributed by atoms with Crippen molar-refractivity contribution in [1.82, 2.24) is 0 Å². The van der Waals surface area contributed by atoms with Gasteiger partial charge < -0.3 is 12.4 Å². The number of allylic oxidation sites excluding steroid dienone is 8. The molecule has 0 heterocycles. The molecule has 0 N–H and O–H groups in total. The molecule has 99 valence electrons. The maximum absolute atomic E-state index is 2.70. The molecular formula is C15H24ClSiZr. The van der Waals surface area contributed by atoms with Crippen molar-refractivity contribution in [1.29, 1.82) is 0 Å². The normalized spacial score (nSPS) is 19.2. The van der Waals surface area contributed by atoms with Crippen molar-refractivity contribution in [2.24, 2.45) is 0 Å². The largest absolute Gasteiger partial charge is 1.00 e. The molecule has 0 bridgehead atoms. The first-order valence-corrected chi connectivity index (χ1v) is 18.8. The van der Waals surface area contributed by atoms with Gasteiger partial charge in [0.05, 0.1) is 0 Å². The Morgan fingerprint density at radius 3 is 1.56 bits per heavy atom. The minimum absolute atomic E-state index is 0. The fourth-order valence-electron chi connectivity index (χ4n) is 3.00. The molecule has 0 aliphatic heterocycles. The van der Waals surface area contributed by atoms with Crippen LogP contribution in [0.5, 0.6) is 0 Å². The average Bonchev–Trinajstić information content (AvgIpc) is 2.86. The Labute approximate surface area is 123 Å². The van der Waals surface area contributed by atoms with Crippen molar-refractivity contribution < 1.29 is 31.8 Å². The molecule has 0 aromatic heterocycles. The predicted molar refractivity (Wildman–Crippen MR) is 77.7 cm³/mol. The first-order chi connectivity index (χ1) is 7.94. The summed E-state index contributed by atoms with van der Waals surface area (Å²) < 4.78 is 6.43. The zero-order chi connectivity index (χ0) is 12.6. The Kier molecular flexibility index (Phi) is 5.65. The molecule has 2 rings (SSSR count). The third kappa shape index (κ3) is 2.92. The molecule has 0 aromatic carbocycles. The van der Waals surface area contributed by atoms with Crippen molar-refractivity contribution >= 4 is 5.92 Å². The maximum Gasteiger partial charge on any atom is -1.00 e. The van der Waals surface area contributed by atoms with Gasteiger partial charge in [-0.25, -0.2) is 0 Å². The molecule has 0 nitrogen and oxygen atoms in total. The summed E-state index contributed by atoms with van der Waals surface area (Å²) in [7, 11) is 0. The first-order valence-electron chi connectivity index (χ1n) is 6.70. The summed E-state index contributed by atoms with van der Waals surface area (Å²) in [5, 5.41) is 0. The monoisotopic (exact) mass is 357 g/mol. The molecule has 0 saturated heterocycles. The number of hydrogen-bond acceptors (Lipinski definition) is 0. The Hall–Kier alpha value is 0.350. The molecule has 0 spiro atoms. The maximum atomic E-state index is 2.70. The summed E-state index contributed by atoms with van der Waals surface area (Å²) >= 11 is -2.14. The molecule has 0 atom stereocenters. The molecule has 2 aliphatic rings. The van der Waals surface area contributed by atoms with Crippen LogP contribution in [0.15, 0.2) is 42.0 Å². The van der Waals surface area contributed by atoms with Crippen molar-refractivity contribution in [3.63, 3.8) is 0 Å².